The number of carbonyl (C=O) groups is 1. The quantitative estimate of drug-likeness (QED) is 0.155. The highest BCUT2D eigenvalue weighted by Crippen LogP contribution is 2.47. The number of fused-ring (bicyclic) bond motifs is 1. The van der Waals surface area contributed by atoms with E-state index in [1.807, 2.05) is 13.0 Å². The van der Waals surface area contributed by atoms with Crippen LogP contribution >= 0.6 is 18.2 Å². The third kappa shape index (κ3) is 7.00. The number of hydrogen-bond acceptors (Lipinski definition) is 12. The maximum absolute atomic E-state index is 12.5. The molecule has 0 radical (unpaired) electrons. The number of nitrogen functional groups attached to an aromatic ring is 1. The maximum atomic E-state index is 12.5. The van der Waals surface area contributed by atoms with E-state index in [1.165, 1.54) is 6.33 Å². The second-order valence-corrected chi connectivity index (χ2v) is 12.8. The fraction of sp³-hybridized carbons (Fsp3) is 0.500. The van der Waals surface area contributed by atoms with Crippen LogP contribution in [-0.4, -0.2) is 73.5 Å². The molecule has 1 fully saturated rings. The van der Waals surface area contributed by atoms with E-state index in [0.29, 0.717) is 23.5 Å². The number of para-hydroxylation sites is 1. The number of esters is 1. The zero-order valence-electron chi connectivity index (χ0n) is 22.3. The average Bonchev–Trinajstić information content (AvgIpc) is 3.43. The van der Waals surface area contributed by atoms with E-state index < -0.39 is 42.5 Å². The monoisotopic (exact) mass is 614 g/mol. The predicted octanol–water partition coefficient (Wildman–Crippen LogP) is 2.92. The first-order valence-electron chi connectivity index (χ1n) is 12.6. The molecule has 2 unspecified atom stereocenters. The number of benzene rings is 1. The van der Waals surface area contributed by atoms with Crippen LogP contribution in [0.1, 0.15) is 33.9 Å². The van der Waals surface area contributed by atoms with E-state index in [0.717, 1.165) is 0 Å². The van der Waals surface area contributed by atoms with Crippen molar-refractivity contribution < 1.29 is 33.2 Å². The average molecular weight is 615 g/mol. The molecule has 16 heteroatoms. The normalized spacial score (nSPS) is 23.2. The van der Waals surface area contributed by atoms with E-state index in [4.69, 9.17) is 52.4 Å². The number of nitrogens with two attached hydrogens (primary N) is 1. The van der Waals surface area contributed by atoms with Crippen molar-refractivity contribution in [1.29, 1.82) is 0 Å². The fourth-order valence-electron chi connectivity index (χ4n) is 3.90. The van der Waals surface area contributed by atoms with Crippen molar-refractivity contribution in [1.82, 2.24) is 24.6 Å². The molecule has 0 saturated carbocycles. The predicted molar refractivity (Wildman–Crippen MR) is 152 cm³/mol. The molecule has 3 aromatic rings. The van der Waals surface area contributed by atoms with Crippen LogP contribution in [0, 0.1) is 0 Å². The van der Waals surface area contributed by atoms with Crippen molar-refractivity contribution in [3.8, 4) is 11.6 Å². The molecular formula is C24H32ClN6O7PS. The van der Waals surface area contributed by atoms with E-state index in [1.54, 1.807) is 49.6 Å². The van der Waals surface area contributed by atoms with Gasteiger partial charge >= 0.3 is 12.6 Å². The van der Waals surface area contributed by atoms with Crippen LogP contribution < -0.4 is 20.1 Å². The smallest absolute Gasteiger partial charge is 0.323 e. The SMILES string of the molecule is CCOc1nc(N)nc2c1ncn2[C@@H]1O[C@H](COP(=S)(NC(C)C(=O)OC(C)C)Oc2ccccc2)[C@@H](O)[C@H]1Cl. The number of halogens is 1. The Hall–Kier alpha value is -2.58. The molecule has 4 rings (SSSR count). The van der Waals surface area contributed by atoms with Gasteiger partial charge in [0.2, 0.25) is 11.8 Å². The highest BCUT2D eigenvalue weighted by Gasteiger charge is 2.45. The fourth-order valence-corrected chi connectivity index (χ4v) is 6.66. The Morgan fingerprint density at radius 2 is 2.02 bits per heavy atom. The van der Waals surface area contributed by atoms with Crippen LogP contribution in [0.5, 0.6) is 11.6 Å². The van der Waals surface area contributed by atoms with Gasteiger partial charge < -0.3 is 34.1 Å². The first-order valence-corrected chi connectivity index (χ1v) is 15.7. The molecule has 0 aliphatic carbocycles. The highest BCUT2D eigenvalue weighted by atomic mass is 35.5. The first-order chi connectivity index (χ1) is 19.0. The summed E-state index contributed by atoms with van der Waals surface area (Å²) in [5.74, 6) is 0.138. The lowest BCUT2D eigenvalue weighted by atomic mass is 10.2. The van der Waals surface area contributed by atoms with Gasteiger partial charge in [0.05, 0.1) is 25.6 Å². The summed E-state index contributed by atoms with van der Waals surface area (Å²) in [4.78, 5) is 25.1. The number of nitrogens with zero attached hydrogens (tertiary/aromatic N) is 4. The van der Waals surface area contributed by atoms with Gasteiger partial charge in [-0.3, -0.25) is 9.36 Å². The summed E-state index contributed by atoms with van der Waals surface area (Å²) in [6, 6.07) is 7.97. The largest absolute Gasteiger partial charge is 0.476 e. The zero-order chi connectivity index (χ0) is 29.0. The summed E-state index contributed by atoms with van der Waals surface area (Å²) in [7, 11) is 0. The zero-order valence-corrected chi connectivity index (χ0v) is 24.8. The number of nitrogens with one attached hydrogen (secondary N) is 1. The molecule has 4 N–H and O–H groups in total. The minimum Gasteiger partial charge on any atom is -0.476 e. The lowest BCUT2D eigenvalue weighted by Gasteiger charge is -2.28. The minimum atomic E-state index is -3.36. The van der Waals surface area contributed by atoms with Gasteiger partial charge in [0, 0.05) is 0 Å². The van der Waals surface area contributed by atoms with Crippen molar-refractivity contribution in [2.24, 2.45) is 0 Å². The van der Waals surface area contributed by atoms with E-state index >= 15 is 0 Å². The molecule has 13 nitrogen and oxygen atoms in total. The van der Waals surface area contributed by atoms with Crippen molar-refractivity contribution in [3.05, 3.63) is 36.7 Å². The second kappa shape index (κ2) is 12.9. The summed E-state index contributed by atoms with van der Waals surface area (Å²) in [5.41, 5.74) is 6.57. The van der Waals surface area contributed by atoms with Crippen LogP contribution in [0.4, 0.5) is 5.95 Å². The molecule has 1 aromatic carbocycles. The number of ether oxygens (including phenoxy) is 3. The van der Waals surface area contributed by atoms with Crippen LogP contribution in [0.3, 0.4) is 0 Å². The van der Waals surface area contributed by atoms with Gasteiger partial charge in [-0.2, -0.15) is 9.97 Å². The summed E-state index contributed by atoms with van der Waals surface area (Å²) in [5, 5.41) is 13.0. The molecule has 1 saturated heterocycles. The first kappa shape index (κ1) is 30.4. The van der Waals surface area contributed by atoms with Gasteiger partial charge in [-0.25, -0.2) is 10.1 Å². The van der Waals surface area contributed by atoms with E-state index in [9.17, 15) is 9.90 Å². The van der Waals surface area contributed by atoms with Gasteiger partial charge in [0.25, 0.3) is 0 Å². The number of aromatic nitrogens is 4. The second-order valence-electron chi connectivity index (χ2n) is 9.18. The topological polar surface area (TPSA) is 165 Å². The van der Waals surface area contributed by atoms with Gasteiger partial charge in [-0.05, 0) is 51.6 Å². The lowest BCUT2D eigenvalue weighted by Crippen LogP contribution is -2.37. The Kier molecular flexibility index (Phi) is 9.83. The molecule has 1 aliphatic heterocycles. The Bertz CT molecular complexity index is 1370. The summed E-state index contributed by atoms with van der Waals surface area (Å²) >= 11 is 12.3. The van der Waals surface area contributed by atoms with Crippen LogP contribution in [0.2, 0.25) is 0 Å². The number of rotatable bonds is 12. The Balaban J connectivity index is 1.52. The van der Waals surface area contributed by atoms with Gasteiger partial charge in [0.15, 0.2) is 17.4 Å². The standard InChI is InChI=1S/C24H32ClN6O7PS/c1-5-34-21-18-20(28-24(26)29-21)31(12-27-18)22-17(25)19(32)16(37-22)11-35-39(40,38-15-9-7-6-8-10-15)30-14(4)23(33)36-13(2)3/h6-10,12-14,16-17,19,22,32H,5,11H2,1-4H3,(H,30,40)(H2,26,28,29)/t14?,16-,17-,19-,22-,39?/m1/s1. The lowest BCUT2D eigenvalue weighted by molar-refractivity contribution is -0.149. The molecule has 2 aromatic heterocycles. The Labute approximate surface area is 241 Å². The molecule has 218 valence electrons. The van der Waals surface area contributed by atoms with Crippen molar-refractivity contribution in [2.45, 2.75) is 63.7 Å². The molecule has 6 atom stereocenters. The van der Waals surface area contributed by atoms with Crippen molar-refractivity contribution in [2.75, 3.05) is 18.9 Å². The Morgan fingerprint density at radius 3 is 2.70 bits per heavy atom. The Morgan fingerprint density at radius 1 is 1.30 bits per heavy atom. The van der Waals surface area contributed by atoms with Crippen LogP contribution in [0.15, 0.2) is 36.7 Å². The summed E-state index contributed by atoms with van der Waals surface area (Å²) in [6.45, 7) is 3.70. The van der Waals surface area contributed by atoms with Crippen LogP contribution in [0.25, 0.3) is 11.2 Å². The van der Waals surface area contributed by atoms with Gasteiger partial charge in [-0.1, -0.05) is 18.2 Å². The number of alkyl halides is 1. The van der Waals surface area contributed by atoms with Gasteiger partial charge in [-0.15, -0.1) is 11.6 Å². The summed E-state index contributed by atoms with van der Waals surface area (Å²) < 4.78 is 30.5. The number of hydrogen-bond donors (Lipinski definition) is 3. The minimum absolute atomic E-state index is 0.0165. The molecule has 1 aliphatic rings. The molecule has 0 spiro atoms. The molecule has 0 amide bonds. The summed E-state index contributed by atoms with van der Waals surface area (Å²) in [6.07, 6.45) is -1.78. The highest BCUT2D eigenvalue weighted by molar-refractivity contribution is 8.09. The number of aliphatic hydroxyl groups excluding tert-OH is 1. The third-order valence-corrected chi connectivity index (χ3v) is 8.66. The number of aliphatic hydroxyl groups is 1. The van der Waals surface area contributed by atoms with E-state index in [2.05, 4.69) is 20.0 Å². The molecule has 0 bridgehead atoms. The molecule has 40 heavy (non-hydrogen) atoms. The van der Waals surface area contributed by atoms with Crippen LogP contribution in [-0.2, 0) is 30.6 Å². The number of carbonyl (C=O) groups excluding carboxylic acids is 1. The maximum Gasteiger partial charge on any atom is 0.323 e. The van der Waals surface area contributed by atoms with Crippen molar-refractivity contribution in [3.63, 3.8) is 0 Å². The molecule has 3 heterocycles. The van der Waals surface area contributed by atoms with Crippen molar-refractivity contribution >= 4 is 53.1 Å². The number of anilines is 1. The molecular weight excluding hydrogens is 583 g/mol. The van der Waals surface area contributed by atoms with Gasteiger partial charge in [0.1, 0.15) is 29.4 Å². The number of imidazole rings is 1. The van der Waals surface area contributed by atoms with E-state index in [-0.39, 0.29) is 24.5 Å². The third-order valence-electron chi connectivity index (χ3n) is 5.69.